The van der Waals surface area contributed by atoms with Gasteiger partial charge in [-0.2, -0.15) is 9.13 Å². The standard InChI is InChI=1S/C38H24N4/c1-37(2)26-12-7-10-22-24-11-8-20-40-36(24)42(33(22)26)35-27(37)17-18-30-32(35)38(40)31-25(28-13-5-6-19-39(28)38)16-15-23-21-9-3-4-14-29(21)41(30)34(23)31/h3-20H,1-2H3/q+2. The highest BCUT2D eigenvalue weighted by atomic mass is 15.4. The second-order valence-electron chi connectivity index (χ2n) is 13.0. The summed E-state index contributed by atoms with van der Waals surface area (Å²) >= 11 is 0. The zero-order chi connectivity index (χ0) is 27.3. The van der Waals surface area contributed by atoms with Crippen molar-refractivity contribution in [2.45, 2.75) is 24.9 Å². The van der Waals surface area contributed by atoms with Crippen molar-refractivity contribution >= 4 is 43.7 Å². The maximum Gasteiger partial charge on any atom is 0.371 e. The molecular weight excluding hydrogens is 512 g/mol. The summed E-state index contributed by atoms with van der Waals surface area (Å²) in [5.74, 6) is 0. The Balaban J connectivity index is 1.49. The van der Waals surface area contributed by atoms with Crippen molar-refractivity contribution in [2.75, 3.05) is 0 Å². The molecule has 4 nitrogen and oxygen atoms in total. The highest BCUT2D eigenvalue weighted by Crippen LogP contribution is 2.58. The van der Waals surface area contributed by atoms with Crippen LogP contribution in [0.2, 0.25) is 0 Å². The maximum absolute atomic E-state index is 2.61. The number of hydrogen-bond acceptors (Lipinski definition) is 0. The minimum Gasteiger partial charge on any atom is -0.308 e. The molecule has 194 valence electrons. The molecule has 1 spiro atoms. The molecule has 8 heterocycles. The Hall–Kier alpha value is -5.22. The van der Waals surface area contributed by atoms with Crippen LogP contribution in [0.1, 0.15) is 36.1 Å². The predicted octanol–water partition coefficient (Wildman–Crippen LogP) is 7.00. The van der Waals surface area contributed by atoms with E-state index in [-0.39, 0.29) is 5.41 Å². The molecule has 4 aromatic carbocycles. The minimum atomic E-state index is -0.548. The zero-order valence-electron chi connectivity index (χ0n) is 23.2. The van der Waals surface area contributed by atoms with Crippen molar-refractivity contribution in [3.05, 3.63) is 132 Å². The molecule has 42 heavy (non-hydrogen) atoms. The third kappa shape index (κ3) is 1.75. The van der Waals surface area contributed by atoms with Gasteiger partial charge in [-0.25, -0.2) is 0 Å². The van der Waals surface area contributed by atoms with Gasteiger partial charge in [-0.1, -0.05) is 56.3 Å². The molecule has 0 saturated heterocycles. The number of hydrogen-bond donors (Lipinski definition) is 0. The Morgan fingerprint density at radius 1 is 0.571 bits per heavy atom. The lowest BCUT2D eigenvalue weighted by atomic mass is 9.71. The first-order valence-electron chi connectivity index (χ1n) is 14.9. The molecule has 0 N–H and O–H groups in total. The van der Waals surface area contributed by atoms with E-state index in [1.165, 1.54) is 88.6 Å². The molecule has 0 radical (unpaired) electrons. The summed E-state index contributed by atoms with van der Waals surface area (Å²) in [6.45, 7) is 4.83. The van der Waals surface area contributed by atoms with E-state index in [2.05, 4.69) is 142 Å². The molecule has 4 aliphatic heterocycles. The van der Waals surface area contributed by atoms with Crippen LogP contribution in [0, 0.1) is 0 Å². The quantitative estimate of drug-likeness (QED) is 0.186. The van der Waals surface area contributed by atoms with Gasteiger partial charge in [-0.3, -0.25) is 0 Å². The molecule has 0 aliphatic carbocycles. The van der Waals surface area contributed by atoms with Crippen LogP contribution in [0.15, 0.2) is 109 Å². The molecule has 0 saturated carbocycles. The minimum absolute atomic E-state index is 0.145. The van der Waals surface area contributed by atoms with Crippen molar-refractivity contribution in [3.63, 3.8) is 0 Å². The van der Waals surface area contributed by atoms with Crippen LogP contribution in [-0.4, -0.2) is 9.13 Å². The molecule has 4 aliphatic rings. The number of benzene rings is 4. The predicted molar refractivity (Wildman–Crippen MR) is 165 cm³/mol. The van der Waals surface area contributed by atoms with Crippen LogP contribution in [0.3, 0.4) is 0 Å². The van der Waals surface area contributed by atoms with Gasteiger partial charge >= 0.3 is 11.3 Å². The lowest BCUT2D eigenvalue weighted by Crippen LogP contribution is -2.75. The monoisotopic (exact) mass is 536 g/mol. The van der Waals surface area contributed by atoms with Gasteiger partial charge in [0.25, 0.3) is 0 Å². The Labute approximate surface area is 240 Å². The zero-order valence-corrected chi connectivity index (χ0v) is 23.2. The molecular formula is C38H24N4+2. The summed E-state index contributed by atoms with van der Waals surface area (Å²) in [6.07, 6.45) is 4.64. The molecule has 8 aromatic rings. The van der Waals surface area contributed by atoms with E-state index in [4.69, 9.17) is 0 Å². The second kappa shape index (κ2) is 6.02. The highest BCUT2D eigenvalue weighted by molar-refractivity contribution is 6.14. The van der Waals surface area contributed by atoms with E-state index >= 15 is 0 Å². The number of pyridine rings is 2. The van der Waals surface area contributed by atoms with Gasteiger partial charge in [-0.15, -0.1) is 4.57 Å². The fourth-order valence-electron chi connectivity index (χ4n) is 9.56. The van der Waals surface area contributed by atoms with Gasteiger partial charge in [0, 0.05) is 44.8 Å². The first kappa shape index (κ1) is 20.6. The van der Waals surface area contributed by atoms with E-state index in [9.17, 15) is 0 Å². The second-order valence-corrected chi connectivity index (χ2v) is 13.0. The number of aromatic nitrogens is 4. The van der Waals surface area contributed by atoms with Gasteiger partial charge in [0.2, 0.25) is 5.69 Å². The number of nitrogens with zero attached hydrogens (tertiary/aromatic N) is 4. The lowest BCUT2D eigenvalue weighted by molar-refractivity contribution is -0.954. The van der Waals surface area contributed by atoms with Crippen molar-refractivity contribution in [1.82, 2.24) is 9.13 Å². The van der Waals surface area contributed by atoms with Crippen LogP contribution < -0.4 is 9.13 Å². The first-order chi connectivity index (χ1) is 20.6. The fourth-order valence-corrected chi connectivity index (χ4v) is 9.56. The Morgan fingerprint density at radius 2 is 1.38 bits per heavy atom. The Bertz CT molecular complexity index is 2670. The lowest BCUT2D eigenvalue weighted by Gasteiger charge is -2.39. The van der Waals surface area contributed by atoms with E-state index in [1.54, 1.807) is 0 Å². The largest absolute Gasteiger partial charge is 0.371 e. The van der Waals surface area contributed by atoms with Crippen LogP contribution >= 0.6 is 0 Å². The molecule has 1 atom stereocenters. The summed E-state index contributed by atoms with van der Waals surface area (Å²) in [5, 5.41) is 5.28. The van der Waals surface area contributed by atoms with Gasteiger partial charge in [-0.05, 0) is 42.5 Å². The Kier molecular flexibility index (Phi) is 2.96. The molecule has 12 rings (SSSR count). The van der Waals surface area contributed by atoms with E-state index in [0.717, 1.165) is 0 Å². The Morgan fingerprint density at radius 3 is 2.33 bits per heavy atom. The average molecular weight is 537 g/mol. The van der Waals surface area contributed by atoms with Gasteiger partial charge in [0.1, 0.15) is 16.6 Å². The number of rotatable bonds is 0. The summed E-state index contributed by atoms with van der Waals surface area (Å²) in [7, 11) is 0. The molecule has 0 fully saturated rings. The smallest absolute Gasteiger partial charge is 0.308 e. The summed E-state index contributed by atoms with van der Waals surface area (Å²) in [5.41, 5.74) is 15.3. The van der Waals surface area contributed by atoms with Crippen molar-refractivity contribution in [3.8, 4) is 22.6 Å². The highest BCUT2D eigenvalue weighted by Gasteiger charge is 2.68. The number of para-hydroxylation sites is 2. The molecule has 4 heteroatoms. The number of fused-ring (bicyclic) bond motifs is 7. The van der Waals surface area contributed by atoms with Crippen molar-refractivity contribution < 1.29 is 9.13 Å². The van der Waals surface area contributed by atoms with Crippen LogP contribution in [0.5, 0.6) is 0 Å². The first-order valence-corrected chi connectivity index (χ1v) is 14.9. The van der Waals surface area contributed by atoms with Gasteiger partial charge < -0.3 is 4.57 Å². The molecule has 0 amide bonds. The normalized spacial score (nSPS) is 19.0. The average Bonchev–Trinajstić information content (AvgIpc) is 3.65. The van der Waals surface area contributed by atoms with E-state index < -0.39 is 5.66 Å². The van der Waals surface area contributed by atoms with Gasteiger partial charge in [0.05, 0.1) is 33.9 Å². The van der Waals surface area contributed by atoms with Crippen molar-refractivity contribution in [2.24, 2.45) is 0 Å². The van der Waals surface area contributed by atoms with E-state index in [0.29, 0.717) is 0 Å². The molecule has 0 bridgehead atoms. The maximum atomic E-state index is 2.61. The molecule has 1 unspecified atom stereocenters. The summed E-state index contributed by atoms with van der Waals surface area (Å²) in [4.78, 5) is 0. The van der Waals surface area contributed by atoms with E-state index in [1.807, 2.05) is 0 Å². The van der Waals surface area contributed by atoms with Crippen LogP contribution in [0.25, 0.3) is 66.4 Å². The third-order valence-corrected chi connectivity index (χ3v) is 11.1. The third-order valence-electron chi connectivity index (χ3n) is 11.1. The fraction of sp³-hybridized carbons (Fsp3) is 0.105. The SMILES string of the molecule is CC1(C)c2ccc3c4c2-n2c5c1cccc5c1ccc[n+](c12)C41c2c(ccc4c5ccccc5n-3c24)-c2cccc[n+]21. The summed E-state index contributed by atoms with van der Waals surface area (Å²) in [6, 6.07) is 36.7. The van der Waals surface area contributed by atoms with Crippen LogP contribution in [0.4, 0.5) is 0 Å². The topological polar surface area (TPSA) is 17.6 Å². The van der Waals surface area contributed by atoms with Gasteiger partial charge in [0.15, 0.2) is 11.9 Å². The summed E-state index contributed by atoms with van der Waals surface area (Å²) < 4.78 is 10.4. The van der Waals surface area contributed by atoms with Crippen LogP contribution in [-0.2, 0) is 11.1 Å². The molecule has 4 aromatic heterocycles. The van der Waals surface area contributed by atoms with Crippen molar-refractivity contribution in [1.29, 1.82) is 0 Å².